The van der Waals surface area contributed by atoms with Gasteiger partial charge in [-0.1, -0.05) is 97.1 Å². The molecule has 0 saturated heterocycles. The molecule has 0 atom stereocenters. The van der Waals surface area contributed by atoms with E-state index in [0.717, 1.165) is 32.9 Å². The van der Waals surface area contributed by atoms with E-state index in [9.17, 15) is 9.59 Å². The first-order valence-electron chi connectivity index (χ1n) is 17.1. The Balaban J connectivity index is 0.831. The Morgan fingerprint density at radius 2 is 0.904 bits per heavy atom. The Morgan fingerprint density at radius 3 is 1.35 bits per heavy atom. The van der Waals surface area contributed by atoms with Crippen LogP contribution in [-0.2, 0) is 45.4 Å². The van der Waals surface area contributed by atoms with E-state index in [1.807, 2.05) is 106 Å². The summed E-state index contributed by atoms with van der Waals surface area (Å²) in [5.41, 5.74) is 5.68. The molecule has 0 unspecified atom stereocenters. The molecule has 4 heterocycles. The molecule has 0 aliphatic rings. The second kappa shape index (κ2) is 14.7. The molecule has 0 aliphatic carbocycles. The maximum Gasteiger partial charge on any atom is 0.306 e. The van der Waals surface area contributed by atoms with E-state index in [1.165, 1.54) is 0 Å². The first-order chi connectivity index (χ1) is 25.6. The first-order valence-corrected chi connectivity index (χ1v) is 17.1. The van der Waals surface area contributed by atoms with E-state index in [0.29, 0.717) is 47.5 Å². The van der Waals surface area contributed by atoms with Crippen LogP contribution in [-0.4, -0.2) is 31.5 Å². The van der Waals surface area contributed by atoms with Crippen LogP contribution in [0.15, 0.2) is 142 Å². The van der Waals surface area contributed by atoms with Gasteiger partial charge in [-0.25, -0.2) is 0 Å². The number of rotatable bonds is 13. The quantitative estimate of drug-likeness (QED) is 0.111. The average molecular weight is 691 g/mol. The molecule has 0 fully saturated rings. The molecule has 0 aliphatic heterocycles. The summed E-state index contributed by atoms with van der Waals surface area (Å²) in [6.07, 6.45) is -0.260. The third-order valence-electron chi connectivity index (χ3n) is 8.74. The SMILES string of the molecule is O=C(CCC(=O)OCc1ccc(-c2nn(Cc3ccccc3)c3ccccc23)o1)OCc1ccc(-c2nn(Cc3ccccc3)c3ccccc23)o1. The Morgan fingerprint density at radius 1 is 0.500 bits per heavy atom. The fraction of sp³-hybridized carbons (Fsp3) is 0.143. The van der Waals surface area contributed by atoms with Crippen LogP contribution < -0.4 is 0 Å². The highest BCUT2D eigenvalue weighted by atomic mass is 16.5. The maximum atomic E-state index is 12.5. The van der Waals surface area contributed by atoms with Crippen molar-refractivity contribution in [2.75, 3.05) is 0 Å². The van der Waals surface area contributed by atoms with Crippen LogP contribution in [0, 0.1) is 0 Å². The summed E-state index contributed by atoms with van der Waals surface area (Å²) in [6.45, 7) is 1.11. The van der Waals surface area contributed by atoms with Gasteiger partial charge in [-0.2, -0.15) is 10.2 Å². The van der Waals surface area contributed by atoms with Gasteiger partial charge in [0.25, 0.3) is 0 Å². The molecule has 10 nitrogen and oxygen atoms in total. The molecule has 0 bridgehead atoms. The number of nitrogens with zero attached hydrogens (tertiary/aromatic N) is 4. The highest BCUT2D eigenvalue weighted by molar-refractivity contribution is 5.93. The van der Waals surface area contributed by atoms with Gasteiger partial charge in [-0.05, 0) is 47.5 Å². The van der Waals surface area contributed by atoms with Gasteiger partial charge in [0.15, 0.2) is 11.5 Å². The van der Waals surface area contributed by atoms with E-state index in [4.69, 9.17) is 28.5 Å². The third kappa shape index (κ3) is 7.13. The molecule has 0 radical (unpaired) electrons. The molecule has 4 aromatic carbocycles. The number of ether oxygens (including phenoxy) is 2. The zero-order chi connectivity index (χ0) is 35.3. The summed E-state index contributed by atoms with van der Waals surface area (Å²) < 4.78 is 26.8. The fourth-order valence-corrected chi connectivity index (χ4v) is 6.19. The summed E-state index contributed by atoms with van der Waals surface area (Å²) in [6, 6.07) is 43.4. The second-order valence-corrected chi connectivity index (χ2v) is 12.4. The zero-order valence-electron chi connectivity index (χ0n) is 28.2. The van der Waals surface area contributed by atoms with Crippen molar-refractivity contribution in [2.24, 2.45) is 0 Å². The summed E-state index contributed by atoms with van der Waals surface area (Å²) in [5.74, 6) is 1.02. The van der Waals surface area contributed by atoms with Gasteiger partial charge in [0.1, 0.15) is 36.1 Å². The molecule has 258 valence electrons. The van der Waals surface area contributed by atoms with Crippen LogP contribution >= 0.6 is 0 Å². The van der Waals surface area contributed by atoms with Gasteiger partial charge in [0, 0.05) is 10.8 Å². The number of hydrogen-bond acceptors (Lipinski definition) is 8. The van der Waals surface area contributed by atoms with Gasteiger partial charge in [0.05, 0.1) is 37.0 Å². The predicted octanol–water partition coefficient (Wildman–Crippen LogP) is 8.57. The molecular formula is C42H34N4O6. The number of esters is 2. The predicted molar refractivity (Wildman–Crippen MR) is 195 cm³/mol. The number of hydrogen-bond donors (Lipinski definition) is 0. The van der Waals surface area contributed by atoms with Crippen LogP contribution in [0.5, 0.6) is 0 Å². The molecule has 0 N–H and O–H groups in total. The van der Waals surface area contributed by atoms with Gasteiger partial charge in [0.2, 0.25) is 0 Å². The lowest BCUT2D eigenvalue weighted by Gasteiger charge is -2.04. The standard InChI is InChI=1S/C42H34N4O6/c47-39(49-27-31-19-21-37(51-31)41-33-15-7-9-17-35(33)45(43-41)25-29-11-3-1-4-12-29)23-24-40(48)50-28-32-20-22-38(52-32)42-34-16-8-10-18-36(34)46(44-42)26-30-13-5-2-6-14-30/h1-22H,23-28H2. The number of para-hydroxylation sites is 2. The van der Waals surface area contributed by atoms with Crippen LogP contribution in [0.4, 0.5) is 0 Å². The lowest BCUT2D eigenvalue weighted by atomic mass is 10.2. The molecule has 0 spiro atoms. The van der Waals surface area contributed by atoms with Crippen LogP contribution in [0.3, 0.4) is 0 Å². The summed E-state index contributed by atoms with van der Waals surface area (Å²) in [7, 11) is 0. The number of aromatic nitrogens is 4. The van der Waals surface area contributed by atoms with E-state index < -0.39 is 11.9 Å². The number of fused-ring (bicyclic) bond motifs is 2. The van der Waals surface area contributed by atoms with E-state index in [2.05, 4.69) is 24.3 Å². The van der Waals surface area contributed by atoms with Crippen LogP contribution in [0.2, 0.25) is 0 Å². The van der Waals surface area contributed by atoms with E-state index >= 15 is 0 Å². The molecule has 10 heteroatoms. The Kier molecular flexibility index (Phi) is 9.17. The van der Waals surface area contributed by atoms with Gasteiger partial charge in [-0.3, -0.25) is 19.0 Å². The monoisotopic (exact) mass is 690 g/mol. The summed E-state index contributed by atoms with van der Waals surface area (Å²) >= 11 is 0. The number of furan rings is 2. The molecule has 4 aromatic heterocycles. The molecule has 0 saturated carbocycles. The van der Waals surface area contributed by atoms with Crippen molar-refractivity contribution in [3.63, 3.8) is 0 Å². The van der Waals surface area contributed by atoms with Crippen molar-refractivity contribution < 1.29 is 27.9 Å². The van der Waals surface area contributed by atoms with E-state index in [-0.39, 0.29) is 26.1 Å². The minimum Gasteiger partial charge on any atom is -0.457 e. The number of benzene rings is 4. The normalized spacial score (nSPS) is 11.3. The molecular weight excluding hydrogens is 656 g/mol. The van der Waals surface area contributed by atoms with Crippen molar-refractivity contribution in [1.29, 1.82) is 0 Å². The average Bonchev–Trinajstić information content (AvgIpc) is 3.99. The summed E-state index contributed by atoms with van der Waals surface area (Å²) in [4.78, 5) is 25.0. The van der Waals surface area contributed by atoms with Crippen molar-refractivity contribution in [2.45, 2.75) is 39.1 Å². The first kappa shape index (κ1) is 32.5. The van der Waals surface area contributed by atoms with Crippen molar-refractivity contribution in [3.05, 3.63) is 156 Å². The van der Waals surface area contributed by atoms with Gasteiger partial charge < -0.3 is 18.3 Å². The Labute approximate surface area is 298 Å². The highest BCUT2D eigenvalue weighted by Gasteiger charge is 2.19. The fourth-order valence-electron chi connectivity index (χ4n) is 6.19. The smallest absolute Gasteiger partial charge is 0.306 e. The van der Waals surface area contributed by atoms with Crippen LogP contribution in [0.25, 0.3) is 44.7 Å². The van der Waals surface area contributed by atoms with Crippen molar-refractivity contribution >= 4 is 33.7 Å². The van der Waals surface area contributed by atoms with Crippen LogP contribution in [0.1, 0.15) is 35.5 Å². The second-order valence-electron chi connectivity index (χ2n) is 12.4. The Hall–Kier alpha value is -6.68. The molecule has 8 rings (SSSR count). The zero-order valence-corrected chi connectivity index (χ0v) is 28.2. The molecule has 52 heavy (non-hydrogen) atoms. The van der Waals surface area contributed by atoms with Crippen molar-refractivity contribution in [1.82, 2.24) is 19.6 Å². The minimum absolute atomic E-state index is 0.0680. The Bertz CT molecular complexity index is 2300. The number of carbonyl (C=O) groups excluding carboxylic acids is 2. The van der Waals surface area contributed by atoms with Gasteiger partial charge in [-0.15, -0.1) is 0 Å². The maximum absolute atomic E-state index is 12.5. The lowest BCUT2D eigenvalue weighted by Crippen LogP contribution is -2.10. The molecule has 0 amide bonds. The van der Waals surface area contributed by atoms with Crippen molar-refractivity contribution in [3.8, 4) is 22.9 Å². The third-order valence-corrected chi connectivity index (χ3v) is 8.74. The minimum atomic E-state index is -0.536. The molecule has 8 aromatic rings. The van der Waals surface area contributed by atoms with E-state index in [1.54, 1.807) is 12.1 Å². The number of carbonyl (C=O) groups is 2. The van der Waals surface area contributed by atoms with Gasteiger partial charge >= 0.3 is 11.9 Å². The largest absolute Gasteiger partial charge is 0.457 e. The lowest BCUT2D eigenvalue weighted by molar-refractivity contribution is -0.152. The summed E-state index contributed by atoms with van der Waals surface area (Å²) in [5, 5.41) is 11.6. The topological polar surface area (TPSA) is 115 Å². The highest BCUT2D eigenvalue weighted by Crippen LogP contribution is 2.31.